The molecule has 4 rings (SSSR count). The number of piperidine rings is 1. The Hall–Kier alpha value is -2.73. The Morgan fingerprint density at radius 2 is 2.00 bits per heavy atom. The molecule has 3 heterocycles. The second-order valence-corrected chi connectivity index (χ2v) is 6.86. The first-order valence-electron chi connectivity index (χ1n) is 9.11. The molecule has 0 bridgehead atoms. The van der Waals surface area contributed by atoms with Crippen LogP contribution in [0.3, 0.4) is 0 Å². The van der Waals surface area contributed by atoms with Crippen LogP contribution >= 0.6 is 0 Å². The van der Waals surface area contributed by atoms with Gasteiger partial charge in [-0.15, -0.1) is 5.10 Å². The molecular weight excluding hydrogens is 324 g/mol. The summed E-state index contributed by atoms with van der Waals surface area (Å²) in [7, 11) is 2.21. The molecule has 0 radical (unpaired) electrons. The van der Waals surface area contributed by atoms with Gasteiger partial charge in [-0.05, 0) is 55.8 Å². The van der Waals surface area contributed by atoms with Gasteiger partial charge in [0.05, 0.1) is 5.69 Å². The molecule has 6 heteroatoms. The van der Waals surface area contributed by atoms with Crippen LogP contribution in [0.25, 0.3) is 5.69 Å². The van der Waals surface area contributed by atoms with Crippen LogP contribution in [0.5, 0.6) is 0 Å². The van der Waals surface area contributed by atoms with Crippen molar-refractivity contribution in [2.24, 2.45) is 0 Å². The maximum absolute atomic E-state index is 4.28. The average Bonchev–Trinajstić information content (AvgIpc) is 3.24. The second-order valence-electron chi connectivity index (χ2n) is 6.86. The predicted octanol–water partition coefficient (Wildman–Crippen LogP) is 2.76. The van der Waals surface area contributed by atoms with E-state index < -0.39 is 0 Å². The Bertz CT molecular complexity index is 800. The summed E-state index contributed by atoms with van der Waals surface area (Å²) in [6.07, 6.45) is 7.89. The Morgan fingerprint density at radius 3 is 2.73 bits per heavy atom. The quantitative estimate of drug-likeness (QED) is 0.710. The largest absolute Gasteiger partial charge is 0.354 e. The minimum absolute atomic E-state index is 0.525. The van der Waals surface area contributed by atoms with E-state index in [4.69, 9.17) is 0 Å². The smallest absolute Gasteiger partial charge is 0.151 e. The van der Waals surface area contributed by atoms with Gasteiger partial charge in [0.2, 0.25) is 0 Å². The third kappa shape index (κ3) is 3.75. The highest BCUT2D eigenvalue weighted by Crippen LogP contribution is 2.21. The van der Waals surface area contributed by atoms with Crippen LogP contribution in [0.15, 0.2) is 61.1 Å². The zero-order chi connectivity index (χ0) is 17.8. The van der Waals surface area contributed by atoms with Crippen LogP contribution in [-0.4, -0.2) is 51.1 Å². The molecule has 134 valence electrons. The van der Waals surface area contributed by atoms with Crippen molar-refractivity contribution < 1.29 is 0 Å². The van der Waals surface area contributed by atoms with Gasteiger partial charge < -0.3 is 4.90 Å². The van der Waals surface area contributed by atoms with Crippen LogP contribution < -0.4 is 4.90 Å². The second kappa shape index (κ2) is 7.66. The minimum Gasteiger partial charge on any atom is -0.354 e. The number of nitrogens with zero attached hydrogens (tertiary/aromatic N) is 6. The summed E-state index contributed by atoms with van der Waals surface area (Å²) in [4.78, 5) is 4.80. The van der Waals surface area contributed by atoms with E-state index in [-0.39, 0.29) is 0 Å². The molecule has 0 N–H and O–H groups in total. The minimum atomic E-state index is 0.525. The Balaban J connectivity index is 1.39. The third-order valence-corrected chi connectivity index (χ3v) is 5.04. The van der Waals surface area contributed by atoms with Gasteiger partial charge in [-0.1, -0.05) is 12.1 Å². The van der Waals surface area contributed by atoms with Crippen molar-refractivity contribution in [1.29, 1.82) is 0 Å². The van der Waals surface area contributed by atoms with Gasteiger partial charge in [-0.3, -0.25) is 4.90 Å². The number of hydrogen-bond acceptors (Lipinski definition) is 5. The van der Waals surface area contributed by atoms with Gasteiger partial charge >= 0.3 is 0 Å². The number of rotatable bonds is 5. The first-order chi connectivity index (χ1) is 12.8. The first kappa shape index (κ1) is 16.7. The predicted molar refractivity (Wildman–Crippen MR) is 102 cm³/mol. The van der Waals surface area contributed by atoms with Crippen molar-refractivity contribution in [3.8, 4) is 5.69 Å². The Morgan fingerprint density at radius 1 is 1.12 bits per heavy atom. The van der Waals surface area contributed by atoms with E-state index in [0.29, 0.717) is 6.04 Å². The lowest BCUT2D eigenvalue weighted by atomic mass is 10.0. The van der Waals surface area contributed by atoms with Gasteiger partial charge in [-0.25, -0.2) is 4.68 Å². The molecule has 1 fully saturated rings. The summed E-state index contributed by atoms with van der Waals surface area (Å²) in [5, 5.41) is 12.6. The highest BCUT2D eigenvalue weighted by atomic mass is 15.3. The van der Waals surface area contributed by atoms with Crippen molar-refractivity contribution in [1.82, 2.24) is 24.9 Å². The van der Waals surface area contributed by atoms with E-state index in [0.717, 1.165) is 31.1 Å². The van der Waals surface area contributed by atoms with E-state index >= 15 is 0 Å². The molecule has 0 saturated carbocycles. The Labute approximate surface area is 154 Å². The number of aromatic nitrogens is 4. The van der Waals surface area contributed by atoms with Crippen molar-refractivity contribution in [3.63, 3.8) is 0 Å². The first-order valence-corrected chi connectivity index (χ1v) is 9.11. The van der Waals surface area contributed by atoms with Gasteiger partial charge in [0, 0.05) is 44.3 Å². The lowest BCUT2D eigenvalue weighted by molar-refractivity contribution is 0.207. The van der Waals surface area contributed by atoms with E-state index in [1.54, 1.807) is 12.4 Å². The summed E-state index contributed by atoms with van der Waals surface area (Å²) in [5.41, 5.74) is 2.41. The molecule has 1 aromatic carbocycles. The summed E-state index contributed by atoms with van der Waals surface area (Å²) in [6.45, 7) is 3.00. The van der Waals surface area contributed by atoms with Crippen LogP contribution in [0, 0.1) is 0 Å². The fourth-order valence-electron chi connectivity index (χ4n) is 3.58. The summed E-state index contributed by atoms with van der Waals surface area (Å²) >= 11 is 0. The molecule has 1 aliphatic rings. The number of benzene rings is 1. The number of hydrogen-bond donors (Lipinski definition) is 0. The normalized spacial score (nSPS) is 17.6. The van der Waals surface area contributed by atoms with Gasteiger partial charge in [0.25, 0.3) is 0 Å². The van der Waals surface area contributed by atoms with Crippen LogP contribution in [0.4, 0.5) is 5.82 Å². The van der Waals surface area contributed by atoms with Gasteiger partial charge in [-0.2, -0.15) is 10.2 Å². The number of anilines is 1. The monoisotopic (exact) mass is 348 g/mol. The maximum Gasteiger partial charge on any atom is 0.151 e. The van der Waals surface area contributed by atoms with Crippen LogP contribution in [-0.2, 0) is 6.54 Å². The molecule has 1 atom stereocenters. The topological polar surface area (TPSA) is 50.1 Å². The zero-order valence-corrected chi connectivity index (χ0v) is 15.1. The summed E-state index contributed by atoms with van der Waals surface area (Å²) < 4.78 is 1.88. The molecule has 1 aliphatic heterocycles. The molecule has 1 saturated heterocycles. The van der Waals surface area contributed by atoms with Crippen molar-refractivity contribution >= 4 is 5.82 Å². The average molecular weight is 348 g/mol. The van der Waals surface area contributed by atoms with E-state index in [1.807, 2.05) is 29.1 Å². The lowest BCUT2D eigenvalue weighted by Crippen LogP contribution is -2.46. The highest BCUT2D eigenvalue weighted by molar-refractivity contribution is 5.37. The summed E-state index contributed by atoms with van der Waals surface area (Å²) in [6, 6.07) is 15.1. The lowest BCUT2D eigenvalue weighted by Gasteiger charge is -2.38. The van der Waals surface area contributed by atoms with Crippen molar-refractivity contribution in [2.75, 3.05) is 25.0 Å². The molecule has 0 amide bonds. The van der Waals surface area contributed by atoms with Crippen LogP contribution in [0.1, 0.15) is 18.4 Å². The molecule has 0 spiro atoms. The standard InChI is InChI=1S/C20H24N6/c1-24(15-17-7-9-18(10-8-17)26-14-4-12-22-26)19-5-3-13-25(16-19)20-6-2-11-21-23-20/h2,4,6-12,14,19H,3,5,13,15-16H2,1H3. The maximum atomic E-state index is 4.28. The third-order valence-electron chi connectivity index (χ3n) is 5.04. The molecule has 26 heavy (non-hydrogen) atoms. The van der Waals surface area contributed by atoms with Crippen LogP contribution in [0.2, 0.25) is 0 Å². The van der Waals surface area contributed by atoms with Gasteiger partial charge in [0.15, 0.2) is 5.82 Å². The van der Waals surface area contributed by atoms with Crippen molar-refractivity contribution in [2.45, 2.75) is 25.4 Å². The van der Waals surface area contributed by atoms with Crippen molar-refractivity contribution in [3.05, 3.63) is 66.6 Å². The molecule has 0 aliphatic carbocycles. The molecular formula is C20H24N6. The zero-order valence-electron chi connectivity index (χ0n) is 15.1. The molecule has 6 nitrogen and oxygen atoms in total. The number of likely N-dealkylation sites (N-methyl/N-ethyl adjacent to an activating group) is 1. The highest BCUT2D eigenvalue weighted by Gasteiger charge is 2.24. The van der Waals surface area contributed by atoms with E-state index in [1.165, 1.54) is 18.4 Å². The fourth-order valence-corrected chi connectivity index (χ4v) is 3.58. The molecule has 1 unspecified atom stereocenters. The van der Waals surface area contributed by atoms with E-state index in [2.05, 4.69) is 56.4 Å². The van der Waals surface area contributed by atoms with Gasteiger partial charge in [0.1, 0.15) is 0 Å². The molecule has 2 aromatic heterocycles. The molecule has 3 aromatic rings. The summed E-state index contributed by atoms with van der Waals surface area (Å²) in [5.74, 6) is 0.981. The Kier molecular flexibility index (Phi) is 4.93. The van der Waals surface area contributed by atoms with E-state index in [9.17, 15) is 0 Å². The SMILES string of the molecule is CN(Cc1ccc(-n2cccn2)cc1)C1CCCN(c2cccnn2)C1. The fraction of sp³-hybridized carbons (Fsp3) is 0.350.